The topological polar surface area (TPSA) is 64.6 Å². The van der Waals surface area contributed by atoms with E-state index in [1.165, 1.54) is 5.56 Å². The number of nitrogens with one attached hydrogen (secondary N) is 2. The van der Waals surface area contributed by atoms with Crippen LogP contribution in [-0.2, 0) is 13.1 Å². The number of nitrogens with zero attached hydrogens (tertiary/aromatic N) is 1. The van der Waals surface area contributed by atoms with Gasteiger partial charge in [0.05, 0.1) is 6.10 Å². The molecule has 1 rings (SSSR count). The molecule has 124 valence electrons. The Morgan fingerprint density at radius 3 is 2.55 bits per heavy atom. The molecular weight excluding hydrogens is 278 g/mol. The molecule has 22 heavy (non-hydrogen) atoms. The van der Waals surface area contributed by atoms with E-state index in [-0.39, 0.29) is 18.1 Å². The van der Waals surface area contributed by atoms with Gasteiger partial charge in [-0.15, -0.1) is 0 Å². The van der Waals surface area contributed by atoms with Gasteiger partial charge in [-0.1, -0.05) is 38.1 Å². The van der Waals surface area contributed by atoms with Crippen LogP contribution in [0.5, 0.6) is 0 Å². The third-order valence-corrected chi connectivity index (χ3v) is 3.44. The van der Waals surface area contributed by atoms with Gasteiger partial charge >= 0.3 is 6.03 Å². The minimum absolute atomic E-state index is 0.200. The summed E-state index contributed by atoms with van der Waals surface area (Å²) in [6, 6.07) is 7.99. The highest BCUT2D eigenvalue weighted by Gasteiger charge is 2.09. The third kappa shape index (κ3) is 7.43. The highest BCUT2D eigenvalue weighted by Crippen LogP contribution is 2.07. The first-order valence-corrected chi connectivity index (χ1v) is 7.80. The zero-order valence-electron chi connectivity index (χ0n) is 14.1. The van der Waals surface area contributed by atoms with E-state index in [4.69, 9.17) is 0 Å². The van der Waals surface area contributed by atoms with Crippen LogP contribution in [0.15, 0.2) is 24.3 Å². The summed E-state index contributed by atoms with van der Waals surface area (Å²) in [6.45, 7) is 5.79. The fourth-order valence-electron chi connectivity index (χ4n) is 2.11. The number of carbonyl (C=O) groups is 1. The van der Waals surface area contributed by atoms with Crippen molar-refractivity contribution in [2.45, 2.75) is 39.5 Å². The summed E-state index contributed by atoms with van der Waals surface area (Å²) in [5.74, 6) is 0.212. The monoisotopic (exact) mass is 307 g/mol. The Morgan fingerprint density at radius 2 is 1.91 bits per heavy atom. The summed E-state index contributed by atoms with van der Waals surface area (Å²) in [5, 5.41) is 15.3. The molecular formula is C17H29N3O2. The van der Waals surface area contributed by atoms with Crippen molar-refractivity contribution in [1.82, 2.24) is 15.5 Å². The van der Waals surface area contributed by atoms with Gasteiger partial charge in [-0.2, -0.15) is 0 Å². The van der Waals surface area contributed by atoms with E-state index >= 15 is 0 Å². The van der Waals surface area contributed by atoms with Crippen LogP contribution >= 0.6 is 0 Å². The molecule has 3 N–H and O–H groups in total. The van der Waals surface area contributed by atoms with Gasteiger partial charge < -0.3 is 20.6 Å². The average molecular weight is 307 g/mol. The first kappa shape index (κ1) is 18.5. The van der Waals surface area contributed by atoms with Crippen molar-refractivity contribution in [2.24, 2.45) is 5.92 Å². The quantitative estimate of drug-likeness (QED) is 0.688. The fraction of sp³-hybridized carbons (Fsp3) is 0.588. The number of aliphatic hydroxyl groups is 1. The Balaban J connectivity index is 2.32. The lowest BCUT2D eigenvalue weighted by Crippen LogP contribution is -2.37. The van der Waals surface area contributed by atoms with Gasteiger partial charge in [0.1, 0.15) is 0 Å². The number of aliphatic hydroxyl groups excluding tert-OH is 1. The Hall–Kier alpha value is -1.59. The predicted molar refractivity (Wildman–Crippen MR) is 89.5 cm³/mol. The van der Waals surface area contributed by atoms with Gasteiger partial charge in [-0.3, -0.25) is 0 Å². The van der Waals surface area contributed by atoms with Crippen LogP contribution in [0.4, 0.5) is 4.79 Å². The van der Waals surface area contributed by atoms with E-state index < -0.39 is 0 Å². The van der Waals surface area contributed by atoms with Gasteiger partial charge in [0, 0.05) is 19.6 Å². The molecule has 0 saturated carbocycles. The second-order valence-corrected chi connectivity index (χ2v) is 6.27. The molecule has 0 bridgehead atoms. The predicted octanol–water partition coefficient (Wildman–Crippen LogP) is 1.95. The molecule has 5 heteroatoms. The summed E-state index contributed by atoms with van der Waals surface area (Å²) in [5.41, 5.74) is 2.31. The smallest absolute Gasteiger partial charge is 0.315 e. The van der Waals surface area contributed by atoms with Crippen LogP contribution in [0.25, 0.3) is 0 Å². The van der Waals surface area contributed by atoms with Crippen molar-refractivity contribution in [3.05, 3.63) is 35.4 Å². The van der Waals surface area contributed by atoms with Crippen LogP contribution < -0.4 is 10.6 Å². The van der Waals surface area contributed by atoms with E-state index in [1.54, 1.807) is 0 Å². The molecule has 1 aromatic rings. The maximum atomic E-state index is 11.7. The van der Waals surface area contributed by atoms with Gasteiger partial charge in [-0.25, -0.2) is 4.79 Å². The first-order chi connectivity index (χ1) is 10.4. The van der Waals surface area contributed by atoms with Crippen molar-refractivity contribution in [1.29, 1.82) is 0 Å². The lowest BCUT2D eigenvalue weighted by atomic mass is 10.0. The second kappa shape index (κ2) is 9.43. The summed E-state index contributed by atoms with van der Waals surface area (Å²) in [4.78, 5) is 13.8. The Bertz CT molecular complexity index is 461. The van der Waals surface area contributed by atoms with Gasteiger partial charge in [-0.05, 0) is 37.6 Å². The minimum atomic E-state index is -0.372. The Morgan fingerprint density at radius 1 is 1.23 bits per heavy atom. The van der Waals surface area contributed by atoms with Crippen LogP contribution in [0.3, 0.4) is 0 Å². The minimum Gasteiger partial charge on any atom is -0.393 e. The molecule has 0 fully saturated rings. The van der Waals surface area contributed by atoms with Crippen LogP contribution in [-0.4, -0.2) is 42.8 Å². The zero-order valence-corrected chi connectivity index (χ0v) is 14.1. The van der Waals surface area contributed by atoms with Crippen molar-refractivity contribution in [3.63, 3.8) is 0 Å². The summed E-state index contributed by atoms with van der Waals surface area (Å²) in [6.07, 6.45) is 0.201. The van der Waals surface area contributed by atoms with Crippen molar-refractivity contribution < 1.29 is 9.90 Å². The summed E-state index contributed by atoms with van der Waals surface area (Å²) >= 11 is 0. The number of amides is 2. The van der Waals surface area contributed by atoms with Crippen LogP contribution in [0.1, 0.15) is 31.4 Å². The normalized spacial score (nSPS) is 12.5. The number of rotatable bonds is 8. The van der Waals surface area contributed by atoms with Gasteiger partial charge in [0.15, 0.2) is 0 Å². The standard InChI is InChI=1S/C17H29N3O2/c1-13(2)16(21)8-9-18-17(22)19-11-14-6-5-7-15(10-14)12-20(3)4/h5-7,10,13,16,21H,8-9,11-12H2,1-4H3,(H2,18,19,22). The number of hydrogen-bond donors (Lipinski definition) is 3. The first-order valence-electron chi connectivity index (χ1n) is 7.80. The molecule has 5 nitrogen and oxygen atoms in total. The van der Waals surface area contributed by atoms with Gasteiger partial charge in [0.2, 0.25) is 0 Å². The largest absolute Gasteiger partial charge is 0.393 e. The molecule has 0 aliphatic carbocycles. The van der Waals surface area contributed by atoms with E-state index in [2.05, 4.69) is 27.7 Å². The molecule has 0 heterocycles. The van der Waals surface area contributed by atoms with E-state index in [0.717, 1.165) is 12.1 Å². The molecule has 0 aliphatic heterocycles. The van der Waals surface area contributed by atoms with Crippen molar-refractivity contribution in [3.8, 4) is 0 Å². The molecule has 0 saturated heterocycles. The Kier molecular flexibility index (Phi) is 7.91. The lowest BCUT2D eigenvalue weighted by molar-refractivity contribution is 0.116. The molecule has 0 spiro atoms. The van der Waals surface area contributed by atoms with Crippen molar-refractivity contribution >= 4 is 6.03 Å². The number of carbonyl (C=O) groups excluding carboxylic acids is 1. The highest BCUT2D eigenvalue weighted by atomic mass is 16.3. The average Bonchev–Trinajstić information content (AvgIpc) is 2.44. The second-order valence-electron chi connectivity index (χ2n) is 6.27. The zero-order chi connectivity index (χ0) is 16.5. The number of urea groups is 1. The van der Waals surface area contributed by atoms with Gasteiger partial charge in [0.25, 0.3) is 0 Å². The fourth-order valence-corrected chi connectivity index (χ4v) is 2.11. The molecule has 0 radical (unpaired) electrons. The maximum Gasteiger partial charge on any atom is 0.315 e. The molecule has 1 atom stereocenters. The maximum absolute atomic E-state index is 11.7. The molecule has 1 unspecified atom stereocenters. The number of benzene rings is 1. The third-order valence-electron chi connectivity index (χ3n) is 3.44. The van der Waals surface area contributed by atoms with E-state index in [1.807, 2.05) is 40.1 Å². The number of hydrogen-bond acceptors (Lipinski definition) is 3. The lowest BCUT2D eigenvalue weighted by Gasteiger charge is -2.15. The molecule has 2 amide bonds. The molecule has 0 aromatic heterocycles. The highest BCUT2D eigenvalue weighted by molar-refractivity contribution is 5.73. The van der Waals surface area contributed by atoms with Crippen LogP contribution in [0.2, 0.25) is 0 Å². The van der Waals surface area contributed by atoms with E-state index in [9.17, 15) is 9.90 Å². The summed E-state index contributed by atoms with van der Waals surface area (Å²) in [7, 11) is 4.06. The summed E-state index contributed by atoms with van der Waals surface area (Å²) < 4.78 is 0. The molecule has 1 aromatic carbocycles. The molecule has 0 aliphatic rings. The van der Waals surface area contributed by atoms with Crippen molar-refractivity contribution in [2.75, 3.05) is 20.6 Å². The SMILES string of the molecule is CC(C)C(O)CCNC(=O)NCc1cccc(CN(C)C)c1. The van der Waals surface area contributed by atoms with Crippen LogP contribution in [0, 0.1) is 5.92 Å². The Labute approximate surface area is 133 Å². The van der Waals surface area contributed by atoms with E-state index in [0.29, 0.717) is 19.5 Å².